The van der Waals surface area contributed by atoms with E-state index in [-0.39, 0.29) is 0 Å². The van der Waals surface area contributed by atoms with Gasteiger partial charge in [-0.1, -0.05) is 41.9 Å². The summed E-state index contributed by atoms with van der Waals surface area (Å²) < 4.78 is 1.02. The van der Waals surface area contributed by atoms with Gasteiger partial charge in [0.05, 0.1) is 11.1 Å². The van der Waals surface area contributed by atoms with E-state index in [9.17, 15) is 5.11 Å². The Balaban J connectivity index is 1.73. The normalized spacial score (nSPS) is 18.6. The third kappa shape index (κ3) is 2.67. The SMILES string of the molecule is OC(CC1Cc2ccccc21)c1ccc(I)c(Cl)c1. The Morgan fingerprint density at radius 3 is 2.79 bits per heavy atom. The van der Waals surface area contributed by atoms with E-state index in [0.717, 1.165) is 22.0 Å². The molecule has 0 radical (unpaired) electrons. The molecule has 1 aliphatic carbocycles. The molecule has 0 heterocycles. The summed E-state index contributed by atoms with van der Waals surface area (Å²) in [7, 11) is 0. The molecule has 3 heteroatoms. The van der Waals surface area contributed by atoms with Crippen molar-refractivity contribution >= 4 is 34.2 Å². The maximum atomic E-state index is 10.3. The molecule has 1 N–H and O–H groups in total. The highest BCUT2D eigenvalue weighted by molar-refractivity contribution is 14.1. The number of aliphatic hydroxyl groups excluding tert-OH is 1. The summed E-state index contributed by atoms with van der Waals surface area (Å²) in [5.74, 6) is 0.476. The van der Waals surface area contributed by atoms with Crippen LogP contribution < -0.4 is 0 Å². The van der Waals surface area contributed by atoms with Gasteiger partial charge in [0.15, 0.2) is 0 Å². The third-order valence-electron chi connectivity index (χ3n) is 3.80. The minimum atomic E-state index is -0.437. The maximum absolute atomic E-state index is 10.3. The number of hydrogen-bond donors (Lipinski definition) is 1. The molecule has 0 fully saturated rings. The molecular formula is C16H14ClIO. The summed E-state index contributed by atoms with van der Waals surface area (Å²) >= 11 is 8.30. The molecule has 3 rings (SSSR count). The van der Waals surface area contributed by atoms with Crippen molar-refractivity contribution in [3.8, 4) is 0 Å². The molecule has 0 saturated carbocycles. The van der Waals surface area contributed by atoms with Crippen molar-refractivity contribution in [2.45, 2.75) is 24.9 Å². The Morgan fingerprint density at radius 2 is 2.05 bits per heavy atom. The van der Waals surface area contributed by atoms with Gasteiger partial charge in [0.1, 0.15) is 0 Å². The third-order valence-corrected chi connectivity index (χ3v) is 5.37. The standard InChI is InChI=1S/C16H14ClIO/c17-14-8-11(5-6-15(14)18)16(19)9-12-7-10-3-1-2-4-13(10)12/h1-6,8,12,16,19H,7,9H2. The van der Waals surface area contributed by atoms with Crippen LogP contribution in [0.2, 0.25) is 5.02 Å². The first-order valence-electron chi connectivity index (χ1n) is 6.36. The number of aliphatic hydroxyl groups is 1. The monoisotopic (exact) mass is 384 g/mol. The largest absolute Gasteiger partial charge is 0.388 e. The number of halogens is 2. The number of benzene rings is 2. The van der Waals surface area contributed by atoms with Gasteiger partial charge < -0.3 is 5.11 Å². The summed E-state index contributed by atoms with van der Waals surface area (Å²) in [5.41, 5.74) is 3.72. The van der Waals surface area contributed by atoms with E-state index in [4.69, 9.17) is 11.6 Å². The predicted molar refractivity (Wildman–Crippen MR) is 86.6 cm³/mol. The molecule has 1 nitrogen and oxygen atoms in total. The lowest BCUT2D eigenvalue weighted by Crippen LogP contribution is -2.19. The Kier molecular flexibility index (Phi) is 3.83. The van der Waals surface area contributed by atoms with E-state index in [2.05, 4.69) is 46.9 Å². The van der Waals surface area contributed by atoms with Crippen molar-refractivity contribution in [3.05, 3.63) is 67.7 Å². The molecule has 0 aliphatic heterocycles. The first kappa shape index (κ1) is 13.4. The predicted octanol–water partition coefficient (Wildman–Crippen LogP) is 4.71. The van der Waals surface area contributed by atoms with Crippen LogP contribution in [0.15, 0.2) is 42.5 Å². The van der Waals surface area contributed by atoms with Crippen LogP contribution in [0.25, 0.3) is 0 Å². The second-order valence-corrected chi connectivity index (χ2v) is 6.59. The average Bonchev–Trinajstić information content (AvgIpc) is 2.39. The van der Waals surface area contributed by atoms with Crippen molar-refractivity contribution < 1.29 is 5.11 Å². The van der Waals surface area contributed by atoms with Crippen molar-refractivity contribution in [2.75, 3.05) is 0 Å². The minimum absolute atomic E-state index is 0.437. The lowest BCUT2D eigenvalue weighted by molar-refractivity contribution is 0.153. The van der Waals surface area contributed by atoms with Crippen LogP contribution in [-0.4, -0.2) is 5.11 Å². The van der Waals surface area contributed by atoms with Gasteiger partial charge in [0, 0.05) is 3.57 Å². The van der Waals surface area contributed by atoms with Crippen molar-refractivity contribution in [1.82, 2.24) is 0 Å². The van der Waals surface area contributed by atoms with Gasteiger partial charge in [-0.25, -0.2) is 0 Å². The molecular weight excluding hydrogens is 371 g/mol. The van der Waals surface area contributed by atoms with Crippen LogP contribution in [0.5, 0.6) is 0 Å². The minimum Gasteiger partial charge on any atom is -0.388 e. The fourth-order valence-electron chi connectivity index (χ4n) is 2.70. The zero-order chi connectivity index (χ0) is 13.4. The molecule has 1 aliphatic rings. The Morgan fingerprint density at radius 1 is 1.26 bits per heavy atom. The van der Waals surface area contributed by atoms with Crippen molar-refractivity contribution in [3.63, 3.8) is 0 Å². The molecule has 0 amide bonds. The Hall–Kier alpha value is -0.580. The fourth-order valence-corrected chi connectivity index (χ4v) is 3.22. The van der Waals surface area contributed by atoms with Crippen LogP contribution in [0, 0.1) is 3.57 Å². The molecule has 0 saturated heterocycles. The summed E-state index contributed by atoms with van der Waals surface area (Å²) in [4.78, 5) is 0. The van der Waals surface area contributed by atoms with E-state index in [0.29, 0.717) is 10.9 Å². The molecule has 2 atom stereocenters. The summed E-state index contributed by atoms with van der Waals surface area (Å²) in [5, 5.41) is 11.0. The summed E-state index contributed by atoms with van der Waals surface area (Å²) in [6, 6.07) is 14.3. The molecule has 0 bridgehead atoms. The highest BCUT2D eigenvalue weighted by Crippen LogP contribution is 2.41. The van der Waals surface area contributed by atoms with Gasteiger partial charge in [-0.05, 0) is 70.2 Å². The van der Waals surface area contributed by atoms with Gasteiger partial charge in [0.2, 0.25) is 0 Å². The average molecular weight is 385 g/mol. The number of fused-ring (bicyclic) bond motifs is 1. The van der Waals surface area contributed by atoms with E-state index in [1.807, 2.05) is 18.2 Å². The van der Waals surface area contributed by atoms with Gasteiger partial charge in [0.25, 0.3) is 0 Å². The number of hydrogen-bond acceptors (Lipinski definition) is 1. The zero-order valence-electron chi connectivity index (χ0n) is 10.3. The lowest BCUT2D eigenvalue weighted by Gasteiger charge is -2.31. The molecule has 98 valence electrons. The van der Waals surface area contributed by atoms with E-state index in [1.165, 1.54) is 11.1 Å². The van der Waals surface area contributed by atoms with Crippen molar-refractivity contribution in [1.29, 1.82) is 0 Å². The molecule has 19 heavy (non-hydrogen) atoms. The summed E-state index contributed by atoms with van der Waals surface area (Å²) in [6.07, 6.45) is 1.41. The highest BCUT2D eigenvalue weighted by atomic mass is 127. The zero-order valence-corrected chi connectivity index (χ0v) is 13.2. The molecule has 0 spiro atoms. The second-order valence-electron chi connectivity index (χ2n) is 5.02. The number of rotatable bonds is 3. The van der Waals surface area contributed by atoms with Crippen molar-refractivity contribution in [2.24, 2.45) is 0 Å². The smallest absolute Gasteiger partial charge is 0.0796 e. The van der Waals surface area contributed by atoms with E-state index in [1.54, 1.807) is 0 Å². The summed E-state index contributed by atoms with van der Waals surface area (Å²) in [6.45, 7) is 0. The fraction of sp³-hybridized carbons (Fsp3) is 0.250. The molecule has 2 aromatic rings. The van der Waals surface area contributed by atoms with E-state index >= 15 is 0 Å². The van der Waals surface area contributed by atoms with Gasteiger partial charge in [-0.2, -0.15) is 0 Å². The Bertz CT molecular complexity index is 611. The van der Waals surface area contributed by atoms with Crippen LogP contribution in [0.1, 0.15) is 35.1 Å². The quantitative estimate of drug-likeness (QED) is 0.760. The topological polar surface area (TPSA) is 20.2 Å². The van der Waals surface area contributed by atoms with Gasteiger partial charge >= 0.3 is 0 Å². The Labute approximate surface area is 131 Å². The molecule has 2 aromatic carbocycles. The van der Waals surface area contributed by atoms with E-state index < -0.39 is 6.10 Å². The molecule has 2 unspecified atom stereocenters. The van der Waals surface area contributed by atoms with Crippen LogP contribution in [0.3, 0.4) is 0 Å². The van der Waals surface area contributed by atoms with Gasteiger partial charge in [-0.3, -0.25) is 0 Å². The van der Waals surface area contributed by atoms with Crippen LogP contribution in [-0.2, 0) is 6.42 Å². The first-order chi connectivity index (χ1) is 9.15. The maximum Gasteiger partial charge on any atom is 0.0796 e. The van der Waals surface area contributed by atoms with Crippen LogP contribution >= 0.6 is 34.2 Å². The lowest BCUT2D eigenvalue weighted by atomic mass is 9.74. The van der Waals surface area contributed by atoms with Gasteiger partial charge in [-0.15, -0.1) is 0 Å². The molecule has 0 aromatic heterocycles. The van der Waals surface area contributed by atoms with Crippen LogP contribution in [0.4, 0.5) is 0 Å². The first-order valence-corrected chi connectivity index (χ1v) is 7.81. The highest BCUT2D eigenvalue weighted by Gasteiger charge is 2.27. The second kappa shape index (κ2) is 5.43.